The summed E-state index contributed by atoms with van der Waals surface area (Å²) < 4.78 is 49.8. The van der Waals surface area contributed by atoms with Crippen LogP contribution in [0.25, 0.3) is 11.0 Å². The lowest BCUT2D eigenvalue weighted by Crippen LogP contribution is -2.26. The lowest BCUT2D eigenvalue weighted by molar-refractivity contribution is -0.140. The van der Waals surface area contributed by atoms with Gasteiger partial charge in [0.15, 0.2) is 0 Å². The molecule has 0 spiro atoms. The van der Waals surface area contributed by atoms with Crippen LogP contribution in [0.1, 0.15) is 0 Å². The number of imidazole rings is 1. The monoisotopic (exact) mass is 234 g/mol. The van der Waals surface area contributed by atoms with Gasteiger partial charge in [0, 0.05) is 0 Å². The summed E-state index contributed by atoms with van der Waals surface area (Å²) in [7, 11) is 0. The van der Waals surface area contributed by atoms with Gasteiger partial charge in [0.2, 0.25) is 0 Å². The van der Waals surface area contributed by atoms with Gasteiger partial charge >= 0.3 is 11.9 Å². The van der Waals surface area contributed by atoms with Crippen LogP contribution in [-0.2, 0) is 6.54 Å². The zero-order valence-corrected chi connectivity index (χ0v) is 7.81. The number of hydrogen-bond acceptors (Lipinski definition) is 1. The molecule has 0 amide bonds. The molecular formula is C9H6F4N2O. The highest BCUT2D eigenvalue weighted by Crippen LogP contribution is 2.20. The molecule has 86 valence electrons. The molecule has 3 nitrogen and oxygen atoms in total. The van der Waals surface area contributed by atoms with Gasteiger partial charge < -0.3 is 4.98 Å². The van der Waals surface area contributed by atoms with Gasteiger partial charge in [-0.15, -0.1) is 0 Å². The second-order valence-corrected chi connectivity index (χ2v) is 3.29. The third-order valence-corrected chi connectivity index (χ3v) is 2.07. The molecule has 0 aliphatic carbocycles. The lowest BCUT2D eigenvalue weighted by atomic mass is 10.3. The lowest BCUT2D eigenvalue weighted by Gasteiger charge is -2.06. The topological polar surface area (TPSA) is 37.8 Å². The molecule has 7 heteroatoms. The van der Waals surface area contributed by atoms with E-state index in [9.17, 15) is 22.4 Å². The molecule has 1 heterocycles. The van der Waals surface area contributed by atoms with Gasteiger partial charge in [-0.2, -0.15) is 13.2 Å². The molecule has 0 radical (unpaired) electrons. The number of nitrogens with zero attached hydrogens (tertiary/aromatic N) is 1. The second-order valence-electron chi connectivity index (χ2n) is 3.29. The van der Waals surface area contributed by atoms with Crippen LogP contribution in [0, 0.1) is 5.82 Å². The molecule has 1 aromatic heterocycles. The number of halogens is 4. The number of benzene rings is 1. The molecule has 2 rings (SSSR count). The van der Waals surface area contributed by atoms with Crippen molar-refractivity contribution >= 4 is 11.0 Å². The number of alkyl halides is 3. The van der Waals surface area contributed by atoms with Gasteiger partial charge in [-0.05, 0) is 18.2 Å². The van der Waals surface area contributed by atoms with Crippen LogP contribution >= 0.6 is 0 Å². The number of rotatable bonds is 1. The largest absolute Gasteiger partial charge is 0.406 e. The van der Waals surface area contributed by atoms with Crippen molar-refractivity contribution in [2.24, 2.45) is 0 Å². The standard InChI is InChI=1S/C9H6F4N2O/c10-5-1-2-6-7(3-5)15(8(16)14-6)4-9(11,12)13/h1-3H,4H2,(H,14,16). The van der Waals surface area contributed by atoms with Crippen LogP contribution in [0.15, 0.2) is 23.0 Å². The van der Waals surface area contributed by atoms with E-state index in [0.29, 0.717) is 4.57 Å². The zero-order chi connectivity index (χ0) is 11.9. The number of H-pyrrole nitrogens is 1. The van der Waals surface area contributed by atoms with E-state index in [1.165, 1.54) is 6.07 Å². The predicted molar refractivity (Wildman–Crippen MR) is 48.6 cm³/mol. The first-order chi connectivity index (χ1) is 7.37. The van der Waals surface area contributed by atoms with Gasteiger partial charge in [0.05, 0.1) is 11.0 Å². The van der Waals surface area contributed by atoms with E-state index < -0.39 is 24.2 Å². The molecule has 16 heavy (non-hydrogen) atoms. The second kappa shape index (κ2) is 3.36. The maximum atomic E-state index is 12.8. The third kappa shape index (κ3) is 1.93. The Kier molecular flexibility index (Phi) is 2.25. The van der Waals surface area contributed by atoms with Gasteiger partial charge in [0.1, 0.15) is 12.4 Å². The van der Waals surface area contributed by atoms with E-state index in [-0.39, 0.29) is 11.0 Å². The summed E-state index contributed by atoms with van der Waals surface area (Å²) in [6.07, 6.45) is -4.52. The first-order valence-electron chi connectivity index (χ1n) is 4.32. The molecule has 0 atom stereocenters. The minimum Gasteiger partial charge on any atom is -0.306 e. The van der Waals surface area contributed by atoms with E-state index in [4.69, 9.17) is 0 Å². The minimum atomic E-state index is -4.52. The fraction of sp³-hybridized carbons (Fsp3) is 0.222. The van der Waals surface area contributed by atoms with Crippen molar-refractivity contribution in [1.82, 2.24) is 9.55 Å². The smallest absolute Gasteiger partial charge is 0.306 e. The Bertz CT molecular complexity index is 581. The molecule has 0 unspecified atom stereocenters. The fourth-order valence-corrected chi connectivity index (χ4v) is 1.46. The zero-order valence-electron chi connectivity index (χ0n) is 7.81. The average molecular weight is 234 g/mol. The number of hydrogen-bond donors (Lipinski definition) is 1. The van der Waals surface area contributed by atoms with E-state index >= 15 is 0 Å². The van der Waals surface area contributed by atoms with Crippen LogP contribution in [-0.4, -0.2) is 15.7 Å². The maximum Gasteiger partial charge on any atom is 0.406 e. The first kappa shape index (κ1) is 10.7. The molecule has 0 aliphatic heterocycles. The molecule has 0 bridgehead atoms. The Morgan fingerprint density at radius 2 is 2.00 bits per heavy atom. The summed E-state index contributed by atoms with van der Waals surface area (Å²) in [6, 6.07) is 3.17. The van der Waals surface area contributed by atoms with Crippen molar-refractivity contribution < 1.29 is 17.6 Å². The molecule has 1 aromatic carbocycles. The van der Waals surface area contributed by atoms with Crippen molar-refractivity contribution in [2.45, 2.75) is 12.7 Å². The summed E-state index contributed by atoms with van der Waals surface area (Å²) in [5.41, 5.74) is -0.823. The number of aromatic nitrogens is 2. The third-order valence-electron chi connectivity index (χ3n) is 2.07. The highest BCUT2D eigenvalue weighted by atomic mass is 19.4. The van der Waals surface area contributed by atoms with Crippen LogP contribution in [0.2, 0.25) is 0 Å². The Hall–Kier alpha value is -1.79. The molecule has 0 saturated carbocycles. The van der Waals surface area contributed by atoms with Gasteiger partial charge in [-0.25, -0.2) is 9.18 Å². The normalized spacial score (nSPS) is 12.2. The van der Waals surface area contributed by atoms with E-state index in [1.54, 1.807) is 0 Å². The van der Waals surface area contributed by atoms with Crippen molar-refractivity contribution in [3.63, 3.8) is 0 Å². The summed E-state index contributed by atoms with van der Waals surface area (Å²) in [5, 5.41) is 0. The Morgan fingerprint density at radius 3 is 2.62 bits per heavy atom. The average Bonchev–Trinajstić information content (AvgIpc) is 2.42. The van der Waals surface area contributed by atoms with Gasteiger partial charge in [-0.1, -0.05) is 0 Å². The quantitative estimate of drug-likeness (QED) is 0.753. The Labute approximate surface area is 86.3 Å². The summed E-state index contributed by atoms with van der Waals surface area (Å²) in [4.78, 5) is 13.4. The summed E-state index contributed by atoms with van der Waals surface area (Å²) >= 11 is 0. The Balaban J connectivity index is 2.63. The molecule has 2 aromatic rings. The maximum absolute atomic E-state index is 12.8. The van der Waals surface area contributed by atoms with E-state index in [2.05, 4.69) is 4.98 Å². The van der Waals surface area contributed by atoms with Crippen molar-refractivity contribution in [2.75, 3.05) is 0 Å². The predicted octanol–water partition coefficient (Wildman–Crippen LogP) is 2.03. The van der Waals surface area contributed by atoms with Crippen molar-refractivity contribution in [1.29, 1.82) is 0 Å². The highest BCUT2D eigenvalue weighted by molar-refractivity contribution is 5.75. The summed E-state index contributed by atoms with van der Waals surface area (Å²) in [6.45, 7) is -1.44. The van der Waals surface area contributed by atoms with E-state index in [1.807, 2.05) is 0 Å². The molecule has 0 saturated heterocycles. The van der Waals surface area contributed by atoms with Crippen LogP contribution in [0.4, 0.5) is 17.6 Å². The molecule has 0 aliphatic rings. The molecule has 1 N–H and O–H groups in total. The van der Waals surface area contributed by atoms with Crippen LogP contribution in [0.5, 0.6) is 0 Å². The van der Waals surface area contributed by atoms with Gasteiger partial charge in [-0.3, -0.25) is 4.57 Å². The molecular weight excluding hydrogens is 228 g/mol. The number of fused-ring (bicyclic) bond motifs is 1. The first-order valence-corrected chi connectivity index (χ1v) is 4.32. The SMILES string of the molecule is O=c1[nH]c2ccc(F)cc2n1CC(F)(F)F. The fourth-order valence-electron chi connectivity index (χ4n) is 1.46. The minimum absolute atomic E-state index is 0.0951. The Morgan fingerprint density at radius 1 is 1.31 bits per heavy atom. The highest BCUT2D eigenvalue weighted by Gasteiger charge is 2.29. The van der Waals surface area contributed by atoms with Crippen molar-refractivity contribution in [3.05, 3.63) is 34.5 Å². The van der Waals surface area contributed by atoms with Gasteiger partial charge in [0.25, 0.3) is 0 Å². The summed E-state index contributed by atoms with van der Waals surface area (Å²) in [5.74, 6) is -0.692. The van der Waals surface area contributed by atoms with Crippen LogP contribution < -0.4 is 5.69 Å². The number of nitrogens with one attached hydrogen (secondary N) is 1. The van der Waals surface area contributed by atoms with Crippen LogP contribution in [0.3, 0.4) is 0 Å². The number of aromatic amines is 1. The van der Waals surface area contributed by atoms with Crippen molar-refractivity contribution in [3.8, 4) is 0 Å². The molecule has 0 fully saturated rings. The van der Waals surface area contributed by atoms with E-state index in [0.717, 1.165) is 12.1 Å².